The summed E-state index contributed by atoms with van der Waals surface area (Å²) in [5, 5.41) is 6.28. The van der Waals surface area contributed by atoms with Gasteiger partial charge in [-0.25, -0.2) is 0 Å². The average molecular weight is 232 g/mol. The van der Waals surface area contributed by atoms with Gasteiger partial charge in [-0.05, 0) is 31.5 Å². The minimum atomic E-state index is 0.0826. The molecule has 1 aromatic carbocycles. The second-order valence-corrected chi connectivity index (χ2v) is 4.85. The third kappa shape index (κ3) is 2.86. The Morgan fingerprint density at radius 2 is 1.94 bits per heavy atom. The van der Waals surface area contributed by atoms with E-state index in [0.29, 0.717) is 5.92 Å². The van der Waals surface area contributed by atoms with Gasteiger partial charge >= 0.3 is 0 Å². The maximum atomic E-state index is 12.0. The highest BCUT2D eigenvalue weighted by Crippen LogP contribution is 2.18. The molecule has 17 heavy (non-hydrogen) atoms. The van der Waals surface area contributed by atoms with Crippen LogP contribution in [0.5, 0.6) is 0 Å². The molecule has 0 saturated carbocycles. The van der Waals surface area contributed by atoms with Crippen molar-refractivity contribution in [1.82, 2.24) is 10.6 Å². The lowest BCUT2D eigenvalue weighted by atomic mass is 9.88. The van der Waals surface area contributed by atoms with E-state index < -0.39 is 0 Å². The minimum absolute atomic E-state index is 0.0826. The van der Waals surface area contributed by atoms with Crippen LogP contribution >= 0.6 is 0 Å². The lowest BCUT2D eigenvalue weighted by Gasteiger charge is -2.32. The van der Waals surface area contributed by atoms with E-state index in [1.165, 1.54) is 0 Å². The zero-order valence-corrected chi connectivity index (χ0v) is 10.4. The summed E-state index contributed by atoms with van der Waals surface area (Å²) in [6.45, 7) is 5.97. The van der Waals surface area contributed by atoms with Crippen molar-refractivity contribution in [2.45, 2.75) is 19.9 Å². The van der Waals surface area contributed by atoms with Crippen LogP contribution in [-0.4, -0.2) is 19.0 Å². The lowest BCUT2D eigenvalue weighted by Crippen LogP contribution is -2.49. The van der Waals surface area contributed by atoms with Gasteiger partial charge in [0.25, 0.3) is 0 Å². The minimum Gasteiger partial charge on any atom is -0.349 e. The molecule has 1 heterocycles. The third-order valence-corrected chi connectivity index (χ3v) is 3.59. The van der Waals surface area contributed by atoms with Gasteiger partial charge in [0.15, 0.2) is 0 Å². The van der Waals surface area contributed by atoms with E-state index in [4.69, 9.17) is 0 Å². The molecule has 0 bridgehead atoms. The van der Waals surface area contributed by atoms with Gasteiger partial charge in [-0.2, -0.15) is 0 Å². The first-order valence-corrected chi connectivity index (χ1v) is 6.24. The van der Waals surface area contributed by atoms with Crippen molar-refractivity contribution < 1.29 is 4.79 Å². The quantitative estimate of drug-likeness (QED) is 0.830. The highest BCUT2D eigenvalue weighted by Gasteiger charge is 2.29. The molecule has 0 radical (unpaired) electrons. The molecule has 2 rings (SSSR count). The van der Waals surface area contributed by atoms with E-state index in [9.17, 15) is 4.79 Å². The lowest BCUT2D eigenvalue weighted by molar-refractivity contribution is -0.127. The Labute approximate surface area is 103 Å². The van der Waals surface area contributed by atoms with Gasteiger partial charge in [0, 0.05) is 5.92 Å². The Morgan fingerprint density at radius 3 is 2.47 bits per heavy atom. The topological polar surface area (TPSA) is 41.1 Å². The number of carbonyl (C=O) groups is 1. The van der Waals surface area contributed by atoms with Crippen LogP contribution in [0.1, 0.15) is 25.5 Å². The zero-order chi connectivity index (χ0) is 12.3. The van der Waals surface area contributed by atoms with Gasteiger partial charge in [-0.3, -0.25) is 4.79 Å². The predicted octanol–water partition coefficient (Wildman–Crippen LogP) is 1.72. The first kappa shape index (κ1) is 12.1. The van der Waals surface area contributed by atoms with Crippen LogP contribution in [0, 0.1) is 11.8 Å². The summed E-state index contributed by atoms with van der Waals surface area (Å²) in [5.41, 5.74) is 1.15. The third-order valence-electron chi connectivity index (χ3n) is 3.59. The Hall–Kier alpha value is -1.35. The van der Waals surface area contributed by atoms with Gasteiger partial charge in [0.2, 0.25) is 5.91 Å². The second-order valence-electron chi connectivity index (χ2n) is 4.85. The van der Waals surface area contributed by atoms with Crippen LogP contribution in [0.2, 0.25) is 0 Å². The summed E-state index contributed by atoms with van der Waals surface area (Å²) in [4.78, 5) is 12.0. The molecule has 0 aliphatic carbocycles. The zero-order valence-electron chi connectivity index (χ0n) is 10.4. The standard InChI is InChI=1S/C14H20N2O/c1-10(13-8-15-9-13)14(17)16-11(2)12-6-4-3-5-7-12/h3-7,10-11,13,15H,8-9H2,1-2H3,(H,16,17)/t10?,11-/m1/s1. The van der Waals surface area contributed by atoms with Crippen LogP contribution in [0.3, 0.4) is 0 Å². The molecule has 0 spiro atoms. The van der Waals surface area contributed by atoms with Gasteiger partial charge in [0.1, 0.15) is 0 Å². The van der Waals surface area contributed by atoms with E-state index in [-0.39, 0.29) is 17.9 Å². The molecule has 1 saturated heterocycles. The Kier molecular flexibility index (Phi) is 3.79. The predicted molar refractivity (Wildman–Crippen MR) is 68.5 cm³/mol. The Morgan fingerprint density at radius 1 is 1.29 bits per heavy atom. The van der Waals surface area contributed by atoms with Gasteiger partial charge in [-0.15, -0.1) is 0 Å². The number of nitrogens with one attached hydrogen (secondary N) is 2. The molecule has 1 unspecified atom stereocenters. The molecule has 3 nitrogen and oxygen atoms in total. The van der Waals surface area contributed by atoms with Crippen LogP contribution in [-0.2, 0) is 4.79 Å². The summed E-state index contributed by atoms with van der Waals surface area (Å²) in [5.74, 6) is 0.758. The number of rotatable bonds is 4. The summed E-state index contributed by atoms with van der Waals surface area (Å²) in [7, 11) is 0. The van der Waals surface area contributed by atoms with Crippen molar-refractivity contribution in [2.75, 3.05) is 13.1 Å². The van der Waals surface area contributed by atoms with Crippen molar-refractivity contribution in [3.63, 3.8) is 0 Å². The maximum absolute atomic E-state index is 12.0. The first-order valence-electron chi connectivity index (χ1n) is 6.24. The summed E-state index contributed by atoms with van der Waals surface area (Å²) in [6.07, 6.45) is 0. The van der Waals surface area contributed by atoms with E-state index in [1.54, 1.807) is 0 Å². The van der Waals surface area contributed by atoms with E-state index in [1.807, 2.05) is 44.2 Å². The van der Waals surface area contributed by atoms with E-state index in [2.05, 4.69) is 10.6 Å². The van der Waals surface area contributed by atoms with Crippen molar-refractivity contribution in [2.24, 2.45) is 11.8 Å². The number of benzene rings is 1. The highest BCUT2D eigenvalue weighted by molar-refractivity contribution is 5.79. The SMILES string of the molecule is CC(C(=O)N[C@H](C)c1ccccc1)C1CNC1. The molecule has 2 atom stereocenters. The average Bonchev–Trinajstić information content (AvgIpc) is 2.27. The Bertz CT molecular complexity index is 373. The van der Waals surface area contributed by atoms with Crippen LogP contribution < -0.4 is 10.6 Å². The van der Waals surface area contributed by atoms with Crippen molar-refractivity contribution >= 4 is 5.91 Å². The van der Waals surface area contributed by atoms with E-state index >= 15 is 0 Å². The largest absolute Gasteiger partial charge is 0.349 e. The van der Waals surface area contributed by atoms with Crippen molar-refractivity contribution in [3.8, 4) is 0 Å². The molecule has 0 aromatic heterocycles. The molecule has 1 fully saturated rings. The molecule has 1 aliphatic heterocycles. The van der Waals surface area contributed by atoms with Gasteiger partial charge in [-0.1, -0.05) is 37.3 Å². The van der Waals surface area contributed by atoms with Crippen LogP contribution in [0.4, 0.5) is 0 Å². The normalized spacial score (nSPS) is 19.2. The molecule has 3 heteroatoms. The maximum Gasteiger partial charge on any atom is 0.223 e. The smallest absolute Gasteiger partial charge is 0.223 e. The highest BCUT2D eigenvalue weighted by atomic mass is 16.1. The summed E-state index contributed by atoms with van der Waals surface area (Å²) in [6, 6.07) is 10.1. The second kappa shape index (κ2) is 5.32. The van der Waals surface area contributed by atoms with E-state index in [0.717, 1.165) is 18.7 Å². The molecule has 1 amide bonds. The van der Waals surface area contributed by atoms with Gasteiger partial charge < -0.3 is 10.6 Å². The number of amides is 1. The Balaban J connectivity index is 1.89. The molecular weight excluding hydrogens is 212 g/mol. The van der Waals surface area contributed by atoms with Gasteiger partial charge in [0.05, 0.1) is 6.04 Å². The molecule has 92 valence electrons. The number of carbonyl (C=O) groups excluding carboxylic acids is 1. The number of hydrogen-bond donors (Lipinski definition) is 2. The molecule has 1 aromatic rings. The monoisotopic (exact) mass is 232 g/mol. The summed E-state index contributed by atoms with van der Waals surface area (Å²) >= 11 is 0. The fourth-order valence-electron chi connectivity index (χ4n) is 2.05. The fourth-order valence-corrected chi connectivity index (χ4v) is 2.05. The van der Waals surface area contributed by atoms with Crippen LogP contribution in [0.25, 0.3) is 0 Å². The van der Waals surface area contributed by atoms with Crippen molar-refractivity contribution in [1.29, 1.82) is 0 Å². The first-order chi connectivity index (χ1) is 8.18. The fraction of sp³-hybridized carbons (Fsp3) is 0.500. The molecule has 1 aliphatic rings. The molecule has 2 N–H and O–H groups in total. The van der Waals surface area contributed by atoms with Crippen LogP contribution in [0.15, 0.2) is 30.3 Å². The molecular formula is C14H20N2O. The number of hydrogen-bond acceptors (Lipinski definition) is 2. The summed E-state index contributed by atoms with van der Waals surface area (Å²) < 4.78 is 0. The van der Waals surface area contributed by atoms with Crippen molar-refractivity contribution in [3.05, 3.63) is 35.9 Å².